The molecule has 2 rings (SSSR count). The number of benzene rings is 2. The number of carbonyl (C=O) groups is 2. The van der Waals surface area contributed by atoms with Crippen LogP contribution >= 0.6 is 11.6 Å². The summed E-state index contributed by atoms with van der Waals surface area (Å²) in [5.74, 6) is 0.956. The van der Waals surface area contributed by atoms with Crippen molar-refractivity contribution in [3.63, 3.8) is 0 Å². The largest absolute Gasteiger partial charge is 0.495 e. The number of rotatable bonds is 10. The number of halogens is 1. The van der Waals surface area contributed by atoms with Gasteiger partial charge in [0.05, 0.1) is 37.1 Å². The van der Waals surface area contributed by atoms with E-state index in [1.807, 2.05) is 13.0 Å². The maximum atomic E-state index is 12.3. The van der Waals surface area contributed by atoms with Crippen molar-refractivity contribution in [2.24, 2.45) is 0 Å². The minimum atomic E-state index is -0.237. The van der Waals surface area contributed by atoms with Crippen molar-refractivity contribution in [3.05, 3.63) is 47.0 Å². The zero-order chi connectivity index (χ0) is 21.2. The lowest BCUT2D eigenvalue weighted by atomic mass is 10.2. The van der Waals surface area contributed by atoms with Crippen LogP contribution in [-0.2, 0) is 4.79 Å². The Labute approximate surface area is 175 Å². The van der Waals surface area contributed by atoms with Crippen LogP contribution in [0.1, 0.15) is 30.1 Å². The predicted octanol–water partition coefficient (Wildman–Crippen LogP) is 3.90. The topological polar surface area (TPSA) is 85.9 Å². The normalized spacial score (nSPS) is 10.2. The predicted molar refractivity (Wildman–Crippen MR) is 112 cm³/mol. The van der Waals surface area contributed by atoms with Gasteiger partial charge in [0.1, 0.15) is 17.2 Å². The van der Waals surface area contributed by atoms with E-state index in [0.717, 1.165) is 0 Å². The first-order chi connectivity index (χ1) is 14.0. The Morgan fingerprint density at radius 3 is 2.45 bits per heavy atom. The third-order valence-corrected chi connectivity index (χ3v) is 4.34. The summed E-state index contributed by atoms with van der Waals surface area (Å²) >= 11 is 6.06. The van der Waals surface area contributed by atoms with E-state index in [1.54, 1.807) is 30.3 Å². The summed E-state index contributed by atoms with van der Waals surface area (Å²) in [5, 5.41) is 5.96. The second-order valence-electron chi connectivity index (χ2n) is 6.02. The molecule has 0 saturated carbocycles. The number of ether oxygens (including phenoxy) is 3. The molecule has 2 N–H and O–H groups in total. The summed E-state index contributed by atoms with van der Waals surface area (Å²) in [6.45, 7) is 2.69. The Balaban J connectivity index is 1.86. The van der Waals surface area contributed by atoms with Gasteiger partial charge in [0.15, 0.2) is 0 Å². The van der Waals surface area contributed by atoms with Gasteiger partial charge in [0.2, 0.25) is 5.91 Å². The molecule has 156 valence electrons. The molecule has 0 aliphatic rings. The van der Waals surface area contributed by atoms with Crippen molar-refractivity contribution in [1.29, 1.82) is 0 Å². The Bertz CT molecular complexity index is 857. The zero-order valence-corrected chi connectivity index (χ0v) is 17.5. The minimum absolute atomic E-state index is 0.211. The highest BCUT2D eigenvalue weighted by Crippen LogP contribution is 2.35. The van der Waals surface area contributed by atoms with Gasteiger partial charge in [-0.2, -0.15) is 0 Å². The smallest absolute Gasteiger partial charge is 0.255 e. The molecule has 2 aromatic carbocycles. The Kier molecular flexibility index (Phi) is 8.61. The van der Waals surface area contributed by atoms with Crippen LogP contribution in [0.15, 0.2) is 36.4 Å². The number of para-hydroxylation sites is 1. The highest BCUT2D eigenvalue weighted by Gasteiger charge is 2.14. The quantitative estimate of drug-likeness (QED) is 0.569. The third-order valence-electron chi connectivity index (χ3n) is 4.05. The van der Waals surface area contributed by atoms with E-state index in [9.17, 15) is 9.59 Å². The lowest BCUT2D eigenvalue weighted by Gasteiger charge is -2.13. The maximum Gasteiger partial charge on any atom is 0.255 e. The fourth-order valence-electron chi connectivity index (χ4n) is 2.65. The zero-order valence-electron chi connectivity index (χ0n) is 16.7. The molecule has 0 radical (unpaired) electrons. The second kappa shape index (κ2) is 11.2. The molecule has 0 fully saturated rings. The molecule has 0 spiro atoms. The van der Waals surface area contributed by atoms with Gasteiger partial charge in [0, 0.05) is 25.1 Å². The first-order valence-corrected chi connectivity index (χ1v) is 9.59. The van der Waals surface area contributed by atoms with Gasteiger partial charge in [-0.05, 0) is 25.5 Å². The summed E-state index contributed by atoms with van der Waals surface area (Å²) in [4.78, 5) is 24.6. The van der Waals surface area contributed by atoms with Crippen LogP contribution in [0.3, 0.4) is 0 Å². The first-order valence-electron chi connectivity index (χ1n) is 9.21. The molecule has 0 aliphatic carbocycles. The van der Waals surface area contributed by atoms with Gasteiger partial charge >= 0.3 is 0 Å². The summed E-state index contributed by atoms with van der Waals surface area (Å²) in [5.41, 5.74) is 0.935. The van der Waals surface area contributed by atoms with Gasteiger partial charge in [-0.1, -0.05) is 23.7 Å². The number of methoxy groups -OCH3 is 2. The average molecular weight is 421 g/mol. The first kappa shape index (κ1) is 22.4. The number of anilines is 1. The van der Waals surface area contributed by atoms with Gasteiger partial charge in [-0.15, -0.1) is 0 Å². The van der Waals surface area contributed by atoms with Crippen molar-refractivity contribution < 1.29 is 23.8 Å². The molecular weight excluding hydrogens is 396 g/mol. The van der Waals surface area contributed by atoms with Crippen LogP contribution in [0.4, 0.5) is 5.69 Å². The van der Waals surface area contributed by atoms with Gasteiger partial charge in [-0.3, -0.25) is 9.59 Å². The van der Waals surface area contributed by atoms with E-state index in [2.05, 4.69) is 10.6 Å². The van der Waals surface area contributed by atoms with Crippen LogP contribution < -0.4 is 24.8 Å². The van der Waals surface area contributed by atoms with E-state index < -0.39 is 0 Å². The summed E-state index contributed by atoms with van der Waals surface area (Å²) in [6, 6.07) is 10.2. The van der Waals surface area contributed by atoms with Crippen LogP contribution in [0.25, 0.3) is 0 Å². The van der Waals surface area contributed by atoms with Crippen LogP contribution in [0.5, 0.6) is 17.2 Å². The van der Waals surface area contributed by atoms with Crippen molar-refractivity contribution in [1.82, 2.24) is 5.32 Å². The minimum Gasteiger partial charge on any atom is -0.495 e. The van der Waals surface area contributed by atoms with E-state index in [0.29, 0.717) is 53.1 Å². The Morgan fingerprint density at radius 1 is 1.03 bits per heavy atom. The molecule has 0 aliphatic heterocycles. The monoisotopic (exact) mass is 420 g/mol. The number of carbonyl (C=O) groups excluding carboxylic acids is 2. The van der Waals surface area contributed by atoms with Crippen LogP contribution in [0, 0.1) is 0 Å². The van der Waals surface area contributed by atoms with E-state index in [1.165, 1.54) is 14.2 Å². The van der Waals surface area contributed by atoms with Crippen molar-refractivity contribution in [2.75, 3.05) is 32.7 Å². The number of hydrogen-bond acceptors (Lipinski definition) is 5. The number of nitrogens with one attached hydrogen (secondary N) is 2. The lowest BCUT2D eigenvalue weighted by Crippen LogP contribution is -2.26. The van der Waals surface area contributed by atoms with E-state index in [4.69, 9.17) is 25.8 Å². The fraction of sp³-hybridized carbons (Fsp3) is 0.333. The van der Waals surface area contributed by atoms with Crippen molar-refractivity contribution >= 4 is 29.1 Å². The lowest BCUT2D eigenvalue weighted by molar-refractivity contribution is -0.116. The maximum absolute atomic E-state index is 12.3. The molecule has 7 nitrogen and oxygen atoms in total. The standard InChI is InChI=1S/C21H25ClN2O5/c1-4-29-17-9-6-5-8-14(17)21(26)23-11-7-10-20(25)24-16-13-18(27-2)15(22)12-19(16)28-3/h5-6,8-9,12-13H,4,7,10-11H2,1-3H3,(H,23,26)(H,24,25). The molecule has 2 amide bonds. The summed E-state index contributed by atoms with van der Waals surface area (Å²) in [6.07, 6.45) is 0.697. The summed E-state index contributed by atoms with van der Waals surface area (Å²) in [7, 11) is 2.98. The van der Waals surface area contributed by atoms with E-state index >= 15 is 0 Å². The van der Waals surface area contributed by atoms with Gasteiger partial charge in [0.25, 0.3) is 5.91 Å². The molecule has 8 heteroatoms. The van der Waals surface area contributed by atoms with Crippen LogP contribution in [-0.4, -0.2) is 39.2 Å². The SMILES string of the molecule is CCOc1ccccc1C(=O)NCCCC(=O)Nc1cc(OC)c(Cl)cc1OC. The molecule has 2 aromatic rings. The fourth-order valence-corrected chi connectivity index (χ4v) is 2.88. The molecule has 29 heavy (non-hydrogen) atoms. The van der Waals surface area contributed by atoms with Crippen molar-refractivity contribution in [3.8, 4) is 17.2 Å². The molecule has 0 atom stereocenters. The highest BCUT2D eigenvalue weighted by atomic mass is 35.5. The average Bonchev–Trinajstić information content (AvgIpc) is 2.72. The molecule has 0 saturated heterocycles. The third kappa shape index (κ3) is 6.29. The molecule has 0 unspecified atom stereocenters. The number of hydrogen-bond donors (Lipinski definition) is 2. The molecule has 0 heterocycles. The second-order valence-corrected chi connectivity index (χ2v) is 6.43. The molecule has 0 bridgehead atoms. The molecular formula is C21H25ClN2O5. The highest BCUT2D eigenvalue weighted by molar-refractivity contribution is 6.32. The molecule has 0 aromatic heterocycles. The van der Waals surface area contributed by atoms with Crippen molar-refractivity contribution in [2.45, 2.75) is 19.8 Å². The van der Waals surface area contributed by atoms with Gasteiger partial charge in [-0.25, -0.2) is 0 Å². The van der Waals surface area contributed by atoms with E-state index in [-0.39, 0.29) is 18.2 Å². The number of amides is 2. The van der Waals surface area contributed by atoms with Crippen LogP contribution in [0.2, 0.25) is 5.02 Å². The van der Waals surface area contributed by atoms with Gasteiger partial charge < -0.3 is 24.8 Å². The summed E-state index contributed by atoms with van der Waals surface area (Å²) < 4.78 is 15.9. The Hall–Kier alpha value is -2.93. The Morgan fingerprint density at radius 2 is 1.76 bits per heavy atom.